The van der Waals surface area contributed by atoms with Crippen molar-refractivity contribution in [2.45, 2.75) is 31.6 Å². The summed E-state index contributed by atoms with van der Waals surface area (Å²) >= 11 is 1.59. The van der Waals surface area contributed by atoms with E-state index in [1.807, 2.05) is 6.92 Å². The Morgan fingerprint density at radius 1 is 1.26 bits per heavy atom. The zero-order valence-corrected chi connectivity index (χ0v) is 12.5. The summed E-state index contributed by atoms with van der Waals surface area (Å²) in [4.78, 5) is 24.3. The number of likely N-dealkylation sites (tertiary alicyclic amines) is 1. The van der Waals surface area contributed by atoms with Gasteiger partial charge in [0.05, 0.1) is 11.1 Å². The number of thioether (sulfide) groups is 1. The second kappa shape index (κ2) is 5.80. The first kappa shape index (κ1) is 14.8. The maximum Gasteiger partial charge on any atom is 0.229 e. The molecule has 0 aromatic rings. The summed E-state index contributed by atoms with van der Waals surface area (Å²) in [5, 5.41) is -0.0576. The SMILES string of the molecule is CC1SCCN1S(=O)(=O)CCN1C(=O)CCCC1=O. The van der Waals surface area contributed by atoms with Crippen molar-refractivity contribution in [3.05, 3.63) is 0 Å². The van der Waals surface area contributed by atoms with Crippen molar-refractivity contribution in [3.63, 3.8) is 0 Å². The van der Waals surface area contributed by atoms with E-state index in [0.717, 1.165) is 10.7 Å². The van der Waals surface area contributed by atoms with Gasteiger partial charge in [-0.15, -0.1) is 11.8 Å². The Hall–Kier alpha value is -0.600. The molecule has 0 saturated carbocycles. The highest BCUT2D eigenvalue weighted by molar-refractivity contribution is 8.01. The lowest BCUT2D eigenvalue weighted by Gasteiger charge is -2.26. The minimum absolute atomic E-state index is 0.0200. The molecule has 1 unspecified atom stereocenters. The highest BCUT2D eigenvalue weighted by atomic mass is 32.2. The molecular weight excluding hydrogens is 288 g/mol. The van der Waals surface area contributed by atoms with Crippen molar-refractivity contribution in [1.29, 1.82) is 0 Å². The molecule has 0 radical (unpaired) electrons. The largest absolute Gasteiger partial charge is 0.282 e. The van der Waals surface area contributed by atoms with Crippen LogP contribution in [-0.2, 0) is 19.6 Å². The maximum absolute atomic E-state index is 12.2. The zero-order valence-electron chi connectivity index (χ0n) is 10.9. The van der Waals surface area contributed by atoms with Gasteiger partial charge in [-0.25, -0.2) is 8.42 Å². The van der Waals surface area contributed by atoms with Gasteiger partial charge in [0.25, 0.3) is 0 Å². The number of sulfonamides is 1. The number of amides is 2. The lowest BCUT2D eigenvalue weighted by molar-refractivity contribution is -0.147. The van der Waals surface area contributed by atoms with E-state index in [1.165, 1.54) is 4.31 Å². The van der Waals surface area contributed by atoms with Crippen molar-refractivity contribution >= 4 is 33.6 Å². The molecule has 0 aromatic heterocycles. The highest BCUT2D eigenvalue weighted by Gasteiger charge is 2.33. The molecule has 0 bridgehead atoms. The van der Waals surface area contributed by atoms with E-state index in [4.69, 9.17) is 0 Å². The number of imide groups is 1. The standard InChI is InChI=1S/C11H18N2O4S2/c1-9-13(5-7-18-9)19(16,17)8-6-12-10(14)3-2-4-11(12)15/h9H,2-8H2,1H3. The smallest absolute Gasteiger partial charge is 0.229 e. The van der Waals surface area contributed by atoms with Crippen LogP contribution in [0.5, 0.6) is 0 Å². The number of carbonyl (C=O) groups excluding carboxylic acids is 2. The molecule has 2 aliphatic rings. The van der Waals surface area contributed by atoms with Crippen LogP contribution in [0.15, 0.2) is 0 Å². The van der Waals surface area contributed by atoms with Gasteiger partial charge in [0.15, 0.2) is 0 Å². The molecule has 2 rings (SSSR count). The van der Waals surface area contributed by atoms with E-state index < -0.39 is 10.0 Å². The third-order valence-corrected chi connectivity index (χ3v) is 6.59. The Morgan fingerprint density at radius 3 is 2.42 bits per heavy atom. The van der Waals surface area contributed by atoms with E-state index in [2.05, 4.69) is 0 Å². The Balaban J connectivity index is 1.97. The Kier molecular flexibility index (Phi) is 4.52. The second-order valence-electron chi connectivity index (χ2n) is 4.69. The van der Waals surface area contributed by atoms with E-state index in [0.29, 0.717) is 25.8 Å². The second-order valence-corrected chi connectivity index (χ2v) is 8.15. The van der Waals surface area contributed by atoms with Crippen molar-refractivity contribution in [3.8, 4) is 0 Å². The number of hydrogen-bond donors (Lipinski definition) is 0. The monoisotopic (exact) mass is 306 g/mol. The minimum atomic E-state index is -3.39. The van der Waals surface area contributed by atoms with Gasteiger partial charge in [0.1, 0.15) is 0 Å². The molecule has 108 valence electrons. The zero-order chi connectivity index (χ0) is 14.0. The fourth-order valence-electron chi connectivity index (χ4n) is 2.32. The average molecular weight is 306 g/mol. The van der Waals surface area contributed by atoms with Gasteiger partial charge >= 0.3 is 0 Å². The van der Waals surface area contributed by atoms with Crippen LogP contribution < -0.4 is 0 Å². The molecule has 0 N–H and O–H groups in total. The summed E-state index contributed by atoms with van der Waals surface area (Å²) in [6, 6.07) is 0. The van der Waals surface area contributed by atoms with E-state index in [1.54, 1.807) is 11.8 Å². The number of piperidine rings is 1. The van der Waals surface area contributed by atoms with Crippen LogP contribution in [0.3, 0.4) is 0 Å². The molecule has 1 atom stereocenters. The van der Waals surface area contributed by atoms with Crippen LogP contribution in [-0.4, -0.2) is 59.4 Å². The van der Waals surface area contributed by atoms with Gasteiger partial charge < -0.3 is 0 Å². The lowest BCUT2D eigenvalue weighted by atomic mass is 10.1. The molecule has 2 fully saturated rings. The highest BCUT2D eigenvalue weighted by Crippen LogP contribution is 2.26. The molecule has 2 amide bonds. The topological polar surface area (TPSA) is 74.8 Å². The first-order chi connectivity index (χ1) is 8.92. The van der Waals surface area contributed by atoms with Gasteiger partial charge in [-0.1, -0.05) is 0 Å². The predicted molar refractivity (Wildman–Crippen MR) is 73.0 cm³/mol. The molecule has 8 heteroatoms. The molecule has 6 nitrogen and oxygen atoms in total. The average Bonchev–Trinajstić information content (AvgIpc) is 2.75. The maximum atomic E-state index is 12.2. The van der Waals surface area contributed by atoms with Crippen LogP contribution >= 0.6 is 11.8 Å². The summed E-state index contributed by atoms with van der Waals surface area (Å²) in [5.74, 6) is 0.114. The molecule has 0 spiro atoms. The fraction of sp³-hybridized carbons (Fsp3) is 0.818. The van der Waals surface area contributed by atoms with E-state index in [9.17, 15) is 18.0 Å². The molecule has 2 saturated heterocycles. The van der Waals surface area contributed by atoms with Crippen molar-refractivity contribution in [2.75, 3.05) is 24.6 Å². The van der Waals surface area contributed by atoms with Gasteiger partial charge in [-0.05, 0) is 13.3 Å². The van der Waals surface area contributed by atoms with Crippen molar-refractivity contribution in [2.24, 2.45) is 0 Å². The summed E-state index contributed by atoms with van der Waals surface area (Å²) < 4.78 is 25.8. The first-order valence-corrected chi connectivity index (χ1v) is 9.02. The van der Waals surface area contributed by atoms with Crippen molar-refractivity contribution < 1.29 is 18.0 Å². The van der Waals surface area contributed by atoms with Crippen molar-refractivity contribution in [1.82, 2.24) is 9.21 Å². The van der Waals surface area contributed by atoms with Gasteiger partial charge in [-0.3, -0.25) is 14.5 Å². The minimum Gasteiger partial charge on any atom is -0.282 e. The molecule has 19 heavy (non-hydrogen) atoms. The normalized spacial score (nSPS) is 26.2. The molecular formula is C11H18N2O4S2. The number of nitrogens with zero attached hydrogens (tertiary/aromatic N) is 2. The quantitative estimate of drug-likeness (QED) is 0.696. The van der Waals surface area contributed by atoms with Gasteiger partial charge in [0, 0.05) is 31.7 Å². The van der Waals surface area contributed by atoms with Gasteiger partial charge in [-0.2, -0.15) is 4.31 Å². The van der Waals surface area contributed by atoms with Crippen LogP contribution in [0.2, 0.25) is 0 Å². The Labute approximate surface area is 117 Å². The molecule has 2 aliphatic heterocycles. The van der Waals surface area contributed by atoms with Crippen LogP contribution in [0.25, 0.3) is 0 Å². The third-order valence-electron chi connectivity index (χ3n) is 3.39. The molecule has 2 heterocycles. The molecule has 0 aromatic carbocycles. The Bertz CT molecular complexity index is 461. The first-order valence-electron chi connectivity index (χ1n) is 6.36. The summed E-state index contributed by atoms with van der Waals surface area (Å²) in [6.07, 6.45) is 1.24. The van der Waals surface area contributed by atoms with Crippen LogP contribution in [0, 0.1) is 0 Å². The predicted octanol–water partition coefficient (Wildman–Crippen LogP) is 0.250. The van der Waals surface area contributed by atoms with Crippen LogP contribution in [0.4, 0.5) is 0 Å². The summed E-state index contributed by atoms with van der Waals surface area (Å²) in [6.45, 7) is 2.34. The lowest BCUT2D eigenvalue weighted by Crippen LogP contribution is -2.45. The van der Waals surface area contributed by atoms with Crippen LogP contribution in [0.1, 0.15) is 26.2 Å². The summed E-state index contributed by atoms with van der Waals surface area (Å²) in [5.41, 5.74) is 0. The van der Waals surface area contributed by atoms with E-state index >= 15 is 0 Å². The summed E-state index contributed by atoms with van der Waals surface area (Å²) in [7, 11) is -3.39. The molecule has 0 aliphatic carbocycles. The van der Waals surface area contributed by atoms with Gasteiger partial charge in [0.2, 0.25) is 21.8 Å². The number of hydrogen-bond acceptors (Lipinski definition) is 5. The van der Waals surface area contributed by atoms with E-state index in [-0.39, 0.29) is 29.5 Å². The number of rotatable bonds is 4. The third kappa shape index (κ3) is 3.29. The fourth-order valence-corrected chi connectivity index (χ4v) is 5.39. The Morgan fingerprint density at radius 2 is 1.89 bits per heavy atom. The number of carbonyl (C=O) groups is 2.